The van der Waals surface area contributed by atoms with E-state index >= 15 is 0 Å². The lowest BCUT2D eigenvalue weighted by Gasteiger charge is -2.07. The second-order valence-corrected chi connectivity index (χ2v) is 5.14. The first-order valence-corrected chi connectivity index (χ1v) is 5.74. The van der Waals surface area contributed by atoms with Crippen LogP contribution in [0.4, 0.5) is 0 Å². The van der Waals surface area contributed by atoms with Crippen molar-refractivity contribution in [3.05, 3.63) is 40.1 Å². The number of halogens is 2. The molecule has 2 aromatic heterocycles. The first kappa shape index (κ1) is 10.0. The minimum Gasteiger partial charge on any atom is -0.336 e. The molecule has 0 aromatic carbocycles. The van der Waals surface area contributed by atoms with Gasteiger partial charge >= 0.3 is 0 Å². The Kier molecular flexibility index (Phi) is 3.11. The van der Waals surface area contributed by atoms with Crippen LogP contribution in [-0.4, -0.2) is 9.55 Å². The van der Waals surface area contributed by atoms with Crippen molar-refractivity contribution in [3.63, 3.8) is 0 Å². The monoisotopic (exact) mass is 246 g/mol. The van der Waals surface area contributed by atoms with Crippen molar-refractivity contribution >= 4 is 34.5 Å². The van der Waals surface area contributed by atoms with Gasteiger partial charge in [0, 0.05) is 23.8 Å². The zero-order valence-corrected chi connectivity index (χ0v) is 9.56. The van der Waals surface area contributed by atoms with E-state index < -0.39 is 0 Å². The van der Waals surface area contributed by atoms with Crippen LogP contribution in [0, 0.1) is 0 Å². The highest BCUT2D eigenvalue weighted by Gasteiger charge is 2.10. The number of thiophene rings is 1. The number of rotatable bonds is 3. The minimum atomic E-state index is -0.0401. The third kappa shape index (κ3) is 2.29. The van der Waals surface area contributed by atoms with Gasteiger partial charge in [0.15, 0.2) is 0 Å². The predicted molar refractivity (Wildman–Crippen MR) is 60.2 cm³/mol. The van der Waals surface area contributed by atoms with Crippen LogP contribution < -0.4 is 0 Å². The molecule has 0 aliphatic rings. The highest BCUT2D eigenvalue weighted by atomic mass is 35.5. The van der Waals surface area contributed by atoms with Crippen LogP contribution in [0.25, 0.3) is 0 Å². The highest BCUT2D eigenvalue weighted by molar-refractivity contribution is 7.16. The van der Waals surface area contributed by atoms with Gasteiger partial charge in [0.2, 0.25) is 0 Å². The van der Waals surface area contributed by atoms with Crippen molar-refractivity contribution < 1.29 is 0 Å². The SMILES string of the molecule is Clc1ccc(C(Cl)Cn2ccnc2)s1. The number of hydrogen-bond acceptors (Lipinski definition) is 2. The zero-order chi connectivity index (χ0) is 9.97. The molecule has 0 bridgehead atoms. The summed E-state index contributed by atoms with van der Waals surface area (Å²) in [7, 11) is 0. The second-order valence-electron chi connectivity index (χ2n) is 2.87. The summed E-state index contributed by atoms with van der Waals surface area (Å²) < 4.78 is 2.72. The van der Waals surface area contributed by atoms with Gasteiger partial charge in [-0.05, 0) is 12.1 Å². The Hall–Kier alpha value is -0.510. The highest BCUT2D eigenvalue weighted by Crippen LogP contribution is 2.31. The lowest BCUT2D eigenvalue weighted by molar-refractivity contribution is 0.683. The van der Waals surface area contributed by atoms with Crippen molar-refractivity contribution in [1.29, 1.82) is 0 Å². The van der Waals surface area contributed by atoms with Gasteiger partial charge < -0.3 is 4.57 Å². The van der Waals surface area contributed by atoms with Gasteiger partial charge in [-0.15, -0.1) is 22.9 Å². The summed E-state index contributed by atoms with van der Waals surface area (Å²) in [6, 6.07) is 3.83. The topological polar surface area (TPSA) is 17.8 Å². The van der Waals surface area contributed by atoms with Crippen molar-refractivity contribution in [3.8, 4) is 0 Å². The molecule has 2 nitrogen and oxygen atoms in total. The van der Waals surface area contributed by atoms with Gasteiger partial charge in [-0.25, -0.2) is 4.98 Å². The molecule has 1 atom stereocenters. The van der Waals surface area contributed by atoms with Crippen molar-refractivity contribution in [2.75, 3.05) is 0 Å². The summed E-state index contributed by atoms with van der Waals surface area (Å²) in [5.41, 5.74) is 0. The van der Waals surface area contributed by atoms with E-state index in [1.807, 2.05) is 22.9 Å². The van der Waals surface area contributed by atoms with Crippen LogP contribution in [0.2, 0.25) is 4.34 Å². The molecule has 0 radical (unpaired) electrons. The lowest BCUT2D eigenvalue weighted by Crippen LogP contribution is -2.00. The van der Waals surface area contributed by atoms with E-state index in [1.165, 1.54) is 11.3 Å². The van der Waals surface area contributed by atoms with E-state index in [4.69, 9.17) is 23.2 Å². The number of alkyl halides is 1. The van der Waals surface area contributed by atoms with Crippen LogP contribution >= 0.6 is 34.5 Å². The summed E-state index contributed by atoms with van der Waals surface area (Å²) in [6.45, 7) is 0.721. The van der Waals surface area contributed by atoms with Gasteiger partial charge in [-0.2, -0.15) is 0 Å². The van der Waals surface area contributed by atoms with Crippen LogP contribution in [-0.2, 0) is 6.54 Å². The van der Waals surface area contributed by atoms with Gasteiger partial charge in [0.1, 0.15) is 0 Å². The molecular weight excluding hydrogens is 239 g/mol. The lowest BCUT2D eigenvalue weighted by atomic mass is 10.3. The molecule has 0 fully saturated rings. The van der Waals surface area contributed by atoms with Crippen LogP contribution in [0.1, 0.15) is 10.3 Å². The van der Waals surface area contributed by atoms with Gasteiger partial charge in [-0.3, -0.25) is 0 Å². The summed E-state index contributed by atoms with van der Waals surface area (Å²) in [6.07, 6.45) is 5.39. The van der Waals surface area contributed by atoms with Crippen LogP contribution in [0.3, 0.4) is 0 Å². The molecule has 2 rings (SSSR count). The summed E-state index contributed by atoms with van der Waals surface area (Å²) in [4.78, 5) is 5.04. The zero-order valence-electron chi connectivity index (χ0n) is 7.23. The molecule has 0 saturated carbocycles. The van der Waals surface area contributed by atoms with Gasteiger partial charge in [0.05, 0.1) is 16.0 Å². The number of hydrogen-bond donors (Lipinski definition) is 0. The Morgan fingerprint density at radius 1 is 1.50 bits per heavy atom. The fraction of sp³-hybridized carbons (Fsp3) is 0.222. The summed E-state index contributed by atoms with van der Waals surface area (Å²) >= 11 is 13.6. The van der Waals surface area contributed by atoms with Crippen molar-refractivity contribution in [2.24, 2.45) is 0 Å². The summed E-state index contributed by atoms with van der Waals surface area (Å²) in [5, 5.41) is -0.0401. The molecule has 74 valence electrons. The smallest absolute Gasteiger partial charge is 0.0946 e. The number of aromatic nitrogens is 2. The summed E-state index contributed by atoms with van der Waals surface area (Å²) in [5.74, 6) is 0. The molecule has 2 heterocycles. The van der Waals surface area contributed by atoms with E-state index in [0.29, 0.717) is 0 Å². The standard InChI is InChI=1S/C9H8Cl2N2S/c10-7(5-13-4-3-12-6-13)8-1-2-9(11)14-8/h1-4,6-7H,5H2. The third-order valence-electron chi connectivity index (χ3n) is 1.83. The molecule has 0 aliphatic carbocycles. The Labute approximate surface area is 96.1 Å². The van der Waals surface area contributed by atoms with Crippen LogP contribution in [0.15, 0.2) is 30.9 Å². The largest absolute Gasteiger partial charge is 0.336 e. The fourth-order valence-corrected chi connectivity index (χ4v) is 2.56. The maximum Gasteiger partial charge on any atom is 0.0946 e. The molecule has 0 spiro atoms. The molecule has 1 unspecified atom stereocenters. The molecule has 0 N–H and O–H groups in total. The fourth-order valence-electron chi connectivity index (χ4n) is 1.17. The first-order chi connectivity index (χ1) is 6.75. The average Bonchev–Trinajstić information content (AvgIpc) is 2.75. The quantitative estimate of drug-likeness (QED) is 0.758. The minimum absolute atomic E-state index is 0.0401. The molecule has 0 saturated heterocycles. The van der Waals surface area contributed by atoms with Gasteiger partial charge in [-0.1, -0.05) is 11.6 Å². The van der Waals surface area contributed by atoms with Crippen LogP contribution in [0.5, 0.6) is 0 Å². The first-order valence-electron chi connectivity index (χ1n) is 4.11. The Morgan fingerprint density at radius 2 is 2.36 bits per heavy atom. The third-order valence-corrected chi connectivity index (χ3v) is 3.68. The molecule has 2 aromatic rings. The number of nitrogens with zero attached hydrogens (tertiary/aromatic N) is 2. The molecule has 14 heavy (non-hydrogen) atoms. The van der Waals surface area contributed by atoms with E-state index in [2.05, 4.69) is 4.98 Å². The second kappa shape index (κ2) is 4.34. The predicted octanol–water partition coefficient (Wildman–Crippen LogP) is 3.58. The Bertz CT molecular complexity index is 397. The van der Waals surface area contributed by atoms with E-state index in [-0.39, 0.29) is 5.38 Å². The average molecular weight is 247 g/mol. The van der Waals surface area contributed by atoms with E-state index in [0.717, 1.165) is 15.8 Å². The molecular formula is C9H8Cl2N2S. The maximum atomic E-state index is 6.21. The normalized spacial score (nSPS) is 13.0. The Morgan fingerprint density at radius 3 is 2.93 bits per heavy atom. The molecule has 0 amide bonds. The van der Waals surface area contributed by atoms with Crippen molar-refractivity contribution in [1.82, 2.24) is 9.55 Å². The van der Waals surface area contributed by atoms with E-state index in [9.17, 15) is 0 Å². The van der Waals surface area contributed by atoms with E-state index in [1.54, 1.807) is 12.5 Å². The molecule has 0 aliphatic heterocycles. The van der Waals surface area contributed by atoms with Crippen molar-refractivity contribution in [2.45, 2.75) is 11.9 Å². The maximum absolute atomic E-state index is 6.21. The molecule has 5 heteroatoms. The Balaban J connectivity index is 2.06. The van der Waals surface area contributed by atoms with Gasteiger partial charge in [0.25, 0.3) is 0 Å². The number of imidazole rings is 1.